The van der Waals surface area contributed by atoms with Gasteiger partial charge in [-0.1, -0.05) is 17.3 Å². The largest absolute Gasteiger partial charge is 0.393 e. The molecule has 1 aliphatic rings. The molecule has 2 N–H and O–H groups in total. The maximum absolute atomic E-state index is 9.57. The van der Waals surface area contributed by atoms with Crippen LogP contribution in [-0.2, 0) is 0 Å². The van der Waals surface area contributed by atoms with E-state index in [1.165, 1.54) is 0 Å². The number of aryl methyl sites for hydroxylation is 1. The highest BCUT2D eigenvalue weighted by Crippen LogP contribution is 2.29. The number of aromatic nitrogens is 2. The minimum atomic E-state index is -0.137. The molecule has 0 spiro atoms. The highest BCUT2D eigenvalue weighted by Gasteiger charge is 2.20. The average Bonchev–Trinajstić information content (AvgIpc) is 2.88. The summed E-state index contributed by atoms with van der Waals surface area (Å²) in [7, 11) is 0. The number of rotatable bonds is 3. The van der Waals surface area contributed by atoms with E-state index in [4.69, 9.17) is 4.52 Å². The van der Waals surface area contributed by atoms with Crippen molar-refractivity contribution in [2.45, 2.75) is 44.8 Å². The van der Waals surface area contributed by atoms with Crippen molar-refractivity contribution in [3.8, 4) is 11.5 Å². The Kier molecular flexibility index (Phi) is 3.69. The van der Waals surface area contributed by atoms with E-state index < -0.39 is 0 Å². The van der Waals surface area contributed by atoms with E-state index in [0.717, 1.165) is 36.9 Å². The summed E-state index contributed by atoms with van der Waals surface area (Å²) in [5.74, 6) is 1.18. The molecule has 2 aromatic rings. The number of nitrogens with zero attached hydrogens (tertiary/aromatic N) is 2. The first kappa shape index (κ1) is 13.1. The van der Waals surface area contributed by atoms with E-state index >= 15 is 0 Å². The van der Waals surface area contributed by atoms with Gasteiger partial charge in [0.05, 0.1) is 11.7 Å². The molecule has 5 heteroatoms. The number of nitrogens with one attached hydrogen (secondary N) is 1. The van der Waals surface area contributed by atoms with Gasteiger partial charge in [-0.15, -0.1) is 0 Å². The SMILES string of the molecule is Cc1noc(-c2ccccc2NC2CCC(O)CC2)n1. The molecular formula is C15H19N3O2. The second-order valence-corrected chi connectivity index (χ2v) is 5.34. The molecule has 1 aromatic carbocycles. The van der Waals surface area contributed by atoms with E-state index in [-0.39, 0.29) is 6.10 Å². The Morgan fingerprint density at radius 1 is 1.20 bits per heavy atom. The van der Waals surface area contributed by atoms with Gasteiger partial charge >= 0.3 is 0 Å². The molecule has 1 saturated carbocycles. The summed E-state index contributed by atoms with van der Waals surface area (Å²) in [6, 6.07) is 8.35. The molecule has 0 radical (unpaired) electrons. The molecular weight excluding hydrogens is 254 g/mol. The molecule has 1 aliphatic carbocycles. The van der Waals surface area contributed by atoms with Gasteiger partial charge in [0.15, 0.2) is 5.82 Å². The van der Waals surface area contributed by atoms with Gasteiger partial charge in [-0.3, -0.25) is 0 Å². The van der Waals surface area contributed by atoms with Gasteiger partial charge < -0.3 is 14.9 Å². The Hall–Kier alpha value is -1.88. The second kappa shape index (κ2) is 5.63. The summed E-state index contributed by atoms with van der Waals surface area (Å²) in [5, 5.41) is 17.0. The van der Waals surface area contributed by atoms with Crippen LogP contribution in [0.5, 0.6) is 0 Å². The van der Waals surface area contributed by atoms with Gasteiger partial charge in [-0.25, -0.2) is 0 Å². The first-order chi connectivity index (χ1) is 9.72. The molecule has 0 amide bonds. The average molecular weight is 273 g/mol. The standard InChI is InChI=1S/C15H19N3O2/c1-10-16-15(20-18-10)13-4-2-3-5-14(13)17-11-6-8-12(19)9-7-11/h2-5,11-12,17,19H,6-9H2,1H3. The Morgan fingerprint density at radius 2 is 1.95 bits per heavy atom. The quantitative estimate of drug-likeness (QED) is 0.899. The lowest BCUT2D eigenvalue weighted by Gasteiger charge is -2.27. The van der Waals surface area contributed by atoms with E-state index in [0.29, 0.717) is 17.8 Å². The summed E-state index contributed by atoms with van der Waals surface area (Å²) >= 11 is 0. The number of aliphatic hydroxyl groups excluding tert-OH is 1. The number of para-hydroxylation sites is 1. The number of anilines is 1. The van der Waals surface area contributed by atoms with Crippen LogP contribution in [-0.4, -0.2) is 27.4 Å². The molecule has 1 fully saturated rings. The lowest BCUT2D eigenvalue weighted by Crippen LogP contribution is -2.28. The lowest BCUT2D eigenvalue weighted by molar-refractivity contribution is 0.126. The van der Waals surface area contributed by atoms with Crippen LogP contribution in [0.2, 0.25) is 0 Å². The lowest BCUT2D eigenvalue weighted by atomic mass is 9.93. The summed E-state index contributed by atoms with van der Waals surface area (Å²) < 4.78 is 5.26. The fourth-order valence-electron chi connectivity index (χ4n) is 2.64. The number of aliphatic hydroxyl groups is 1. The molecule has 0 aliphatic heterocycles. The van der Waals surface area contributed by atoms with Crippen LogP contribution in [0.15, 0.2) is 28.8 Å². The molecule has 1 heterocycles. The van der Waals surface area contributed by atoms with Gasteiger partial charge in [-0.05, 0) is 44.7 Å². The molecule has 5 nitrogen and oxygen atoms in total. The Balaban J connectivity index is 1.80. The predicted octanol–water partition coefficient (Wildman–Crippen LogP) is 2.76. The van der Waals surface area contributed by atoms with Crippen LogP contribution in [0.4, 0.5) is 5.69 Å². The molecule has 3 rings (SSSR count). The van der Waals surface area contributed by atoms with Crippen LogP contribution in [0.1, 0.15) is 31.5 Å². The molecule has 0 unspecified atom stereocenters. The van der Waals surface area contributed by atoms with E-state index in [2.05, 4.69) is 15.5 Å². The summed E-state index contributed by atoms with van der Waals surface area (Å²) in [5.41, 5.74) is 1.94. The smallest absolute Gasteiger partial charge is 0.260 e. The molecule has 0 saturated heterocycles. The Morgan fingerprint density at radius 3 is 2.65 bits per heavy atom. The van der Waals surface area contributed by atoms with Crippen LogP contribution in [0.25, 0.3) is 11.5 Å². The molecule has 20 heavy (non-hydrogen) atoms. The van der Waals surface area contributed by atoms with Gasteiger partial charge in [-0.2, -0.15) is 4.98 Å². The first-order valence-electron chi connectivity index (χ1n) is 7.06. The summed E-state index contributed by atoms with van der Waals surface area (Å²) in [4.78, 5) is 4.29. The highest BCUT2D eigenvalue weighted by molar-refractivity contribution is 5.72. The topological polar surface area (TPSA) is 71.2 Å². The Bertz CT molecular complexity index is 574. The van der Waals surface area contributed by atoms with Crippen LogP contribution in [0, 0.1) is 6.92 Å². The van der Waals surface area contributed by atoms with E-state index in [1.54, 1.807) is 0 Å². The van der Waals surface area contributed by atoms with Crippen molar-refractivity contribution in [1.29, 1.82) is 0 Å². The third-order valence-corrected chi connectivity index (χ3v) is 3.74. The maximum Gasteiger partial charge on any atom is 0.260 e. The molecule has 1 aromatic heterocycles. The second-order valence-electron chi connectivity index (χ2n) is 5.34. The third-order valence-electron chi connectivity index (χ3n) is 3.74. The number of benzene rings is 1. The van der Waals surface area contributed by atoms with Crippen LogP contribution in [0.3, 0.4) is 0 Å². The fraction of sp³-hybridized carbons (Fsp3) is 0.467. The zero-order valence-corrected chi connectivity index (χ0v) is 11.5. The minimum absolute atomic E-state index is 0.137. The van der Waals surface area contributed by atoms with Crippen molar-refractivity contribution in [2.75, 3.05) is 5.32 Å². The Labute approximate surface area is 118 Å². The minimum Gasteiger partial charge on any atom is -0.393 e. The first-order valence-corrected chi connectivity index (χ1v) is 7.06. The van der Waals surface area contributed by atoms with Crippen molar-refractivity contribution in [2.24, 2.45) is 0 Å². The monoisotopic (exact) mass is 273 g/mol. The summed E-state index contributed by atoms with van der Waals surface area (Å²) in [6.07, 6.45) is 3.55. The van der Waals surface area contributed by atoms with E-state index in [1.807, 2.05) is 31.2 Å². The zero-order valence-electron chi connectivity index (χ0n) is 11.5. The number of hydrogen-bond acceptors (Lipinski definition) is 5. The highest BCUT2D eigenvalue weighted by atomic mass is 16.5. The number of hydrogen-bond donors (Lipinski definition) is 2. The zero-order chi connectivity index (χ0) is 13.9. The molecule has 106 valence electrons. The fourth-order valence-corrected chi connectivity index (χ4v) is 2.64. The van der Waals surface area contributed by atoms with Gasteiger partial charge in [0.2, 0.25) is 0 Å². The van der Waals surface area contributed by atoms with Crippen molar-refractivity contribution in [1.82, 2.24) is 10.1 Å². The van der Waals surface area contributed by atoms with Gasteiger partial charge in [0.25, 0.3) is 5.89 Å². The van der Waals surface area contributed by atoms with Crippen LogP contribution < -0.4 is 5.32 Å². The normalized spacial score (nSPS) is 22.7. The maximum atomic E-state index is 9.57. The van der Waals surface area contributed by atoms with E-state index in [9.17, 15) is 5.11 Å². The van der Waals surface area contributed by atoms with Gasteiger partial charge in [0.1, 0.15) is 0 Å². The predicted molar refractivity (Wildman–Crippen MR) is 76.4 cm³/mol. The summed E-state index contributed by atoms with van der Waals surface area (Å²) in [6.45, 7) is 1.81. The molecule has 0 bridgehead atoms. The van der Waals surface area contributed by atoms with Crippen molar-refractivity contribution < 1.29 is 9.63 Å². The van der Waals surface area contributed by atoms with Crippen molar-refractivity contribution in [3.63, 3.8) is 0 Å². The van der Waals surface area contributed by atoms with Crippen molar-refractivity contribution in [3.05, 3.63) is 30.1 Å². The molecule has 0 atom stereocenters. The van der Waals surface area contributed by atoms with Crippen LogP contribution >= 0.6 is 0 Å². The van der Waals surface area contributed by atoms with Crippen molar-refractivity contribution >= 4 is 5.69 Å². The third kappa shape index (κ3) is 2.82. The van der Waals surface area contributed by atoms with Gasteiger partial charge in [0, 0.05) is 11.7 Å².